The predicted molar refractivity (Wildman–Crippen MR) is 437 cm³/mol. The van der Waals surface area contributed by atoms with Crippen LogP contribution in [-0.2, 0) is 0 Å². The van der Waals surface area contributed by atoms with E-state index in [4.69, 9.17) is 9.97 Å². The maximum Gasteiger partial charge on any atom is 0.0991 e. The summed E-state index contributed by atoms with van der Waals surface area (Å²) in [6.45, 7) is 21.8. The van der Waals surface area contributed by atoms with Crippen LogP contribution >= 0.6 is 0 Å². The van der Waals surface area contributed by atoms with Crippen molar-refractivity contribution in [1.29, 1.82) is 10.5 Å². The molecule has 0 saturated carbocycles. The van der Waals surface area contributed by atoms with E-state index in [1.807, 2.05) is 24.3 Å². The summed E-state index contributed by atoms with van der Waals surface area (Å²) in [5.41, 5.74) is 37.8. The van der Waals surface area contributed by atoms with Crippen molar-refractivity contribution in [3.8, 4) is 56.6 Å². The number of allylic oxidation sites excluding steroid dienone is 4. The number of aromatic nitrogens is 4. The van der Waals surface area contributed by atoms with Crippen molar-refractivity contribution >= 4 is 103 Å². The molecule has 5 heterocycles. The number of aryl methyl sites for hydroxylation is 6. The van der Waals surface area contributed by atoms with E-state index in [1.165, 1.54) is 11.1 Å². The summed E-state index contributed by atoms with van der Waals surface area (Å²) in [6.07, 6.45) is 8.70. The van der Waals surface area contributed by atoms with Gasteiger partial charge in [0, 0.05) is 56.4 Å². The number of hydrogen-bond acceptors (Lipinski definition) is 6. The molecule has 13 aromatic rings. The highest BCUT2D eigenvalue weighted by molar-refractivity contribution is 6.09. The van der Waals surface area contributed by atoms with Crippen molar-refractivity contribution in [1.82, 2.24) is 19.9 Å². The van der Waals surface area contributed by atoms with E-state index in [0.29, 0.717) is 11.1 Å². The summed E-state index contributed by atoms with van der Waals surface area (Å²) in [6, 6.07) is 94.0. The van der Waals surface area contributed by atoms with Gasteiger partial charge in [0.25, 0.3) is 0 Å². The number of nitrogens with zero attached hydrogens (tertiary/aromatic N) is 6. The number of aromatic amines is 2. The Balaban J connectivity index is 0.896. The zero-order valence-electron chi connectivity index (χ0n) is 60.2. The average molecular weight is 1340 g/mol. The maximum absolute atomic E-state index is 10.2. The van der Waals surface area contributed by atoms with E-state index in [-0.39, 0.29) is 0 Å². The number of para-hydroxylation sites is 2. The zero-order valence-corrected chi connectivity index (χ0v) is 60.2. The normalized spacial score (nSPS) is 12.2. The largest absolute Gasteiger partial charge is 0.354 e. The van der Waals surface area contributed by atoms with Crippen LogP contribution in [0.4, 0.5) is 34.1 Å². The first-order valence-electron chi connectivity index (χ1n) is 35.4. The van der Waals surface area contributed by atoms with Crippen molar-refractivity contribution in [2.24, 2.45) is 0 Å². The van der Waals surface area contributed by atoms with Crippen LogP contribution in [0, 0.1) is 64.2 Å². The molecule has 0 radical (unpaired) electrons. The van der Waals surface area contributed by atoms with Gasteiger partial charge in [-0.25, -0.2) is 9.97 Å². The lowest BCUT2D eigenvalue weighted by atomic mass is 9.93. The molecule has 8 heteroatoms. The summed E-state index contributed by atoms with van der Waals surface area (Å²) in [5, 5.41) is 20.4. The second-order valence-electron chi connectivity index (χ2n) is 27.4. The van der Waals surface area contributed by atoms with Crippen LogP contribution in [0.1, 0.15) is 117 Å². The molecule has 3 aromatic heterocycles. The highest BCUT2D eigenvalue weighted by Crippen LogP contribution is 2.48. The molecule has 104 heavy (non-hydrogen) atoms. The molecule has 2 N–H and O–H groups in total. The van der Waals surface area contributed by atoms with Crippen LogP contribution < -0.4 is 9.80 Å². The Labute approximate surface area is 609 Å². The first-order chi connectivity index (χ1) is 50.6. The van der Waals surface area contributed by atoms with Gasteiger partial charge in [-0.2, -0.15) is 10.5 Å². The predicted octanol–water partition coefficient (Wildman–Crippen LogP) is 25.8. The number of fused-ring (bicyclic) bond motifs is 8. The number of anilines is 6. The summed E-state index contributed by atoms with van der Waals surface area (Å²) >= 11 is 0. The number of nitriles is 2. The second kappa shape index (κ2) is 28.1. The first-order valence-corrected chi connectivity index (χ1v) is 35.4. The van der Waals surface area contributed by atoms with Crippen LogP contribution in [0.15, 0.2) is 255 Å². The number of rotatable bonds is 14. The van der Waals surface area contributed by atoms with Crippen LogP contribution in [0.2, 0.25) is 0 Å². The molecule has 2 aliphatic rings. The van der Waals surface area contributed by atoms with E-state index >= 15 is 0 Å². The molecule has 0 atom stereocenters. The monoisotopic (exact) mass is 1340 g/mol. The quantitative estimate of drug-likeness (QED) is 0.105. The molecule has 0 spiro atoms. The van der Waals surface area contributed by atoms with Gasteiger partial charge in [-0.1, -0.05) is 193 Å². The maximum atomic E-state index is 10.2. The molecule has 0 unspecified atom stereocenters. The summed E-state index contributed by atoms with van der Waals surface area (Å²) in [5.74, 6) is 0. The van der Waals surface area contributed by atoms with Gasteiger partial charge in [0.15, 0.2) is 0 Å². The number of hydrogen-bond donors (Lipinski definition) is 2. The number of H-pyrrole nitrogens is 2. The molecule has 0 saturated heterocycles. The Morgan fingerprint density at radius 2 is 0.490 bits per heavy atom. The van der Waals surface area contributed by atoms with Crippen molar-refractivity contribution in [2.75, 3.05) is 9.80 Å². The lowest BCUT2D eigenvalue weighted by Gasteiger charge is -2.25. The minimum absolute atomic E-state index is 0.577. The third kappa shape index (κ3) is 12.7. The second-order valence-corrected chi connectivity index (χ2v) is 27.4. The van der Waals surface area contributed by atoms with E-state index < -0.39 is 0 Å². The molecule has 2 aliphatic heterocycles. The fraction of sp³-hybridized carbons (Fsp3) is 0.104. The molecule has 8 bridgehead atoms. The Kier molecular flexibility index (Phi) is 18.0. The standard InChI is InChI=1S/C96H78N8/c1-59-21-49-81(50-22-59)103(79-17-13-11-14-18-79)83-53-37-71(38-54-83)27-25-69-29-41-75(42-30-69)85-89-61(3)65(7)93(99-89)87(77-45-33-73(57-97)34-46-77)95-67(9)63(5)91(101-95)86(92-64(6)68(10)96(102-92)88(78-47-35-74(58-98)36-48-78)94-66(8)62(4)90(85)100-94)76-43-31-70(32-44-76)26-28-72-39-55-84(56-40-72)104(80-19-15-12-16-20-80)82-51-23-60(2)24-52-82/h11-56,99,102H,1-10H3/b27-25+,28-26+,89-85?,90-85?,91-86?,92-86?,93-87?,94-88?,95-87?,96-88?. The lowest BCUT2D eigenvalue weighted by molar-refractivity contribution is 1.27. The molecular formula is C96H78N8. The van der Waals surface area contributed by atoms with Gasteiger partial charge >= 0.3 is 0 Å². The van der Waals surface area contributed by atoms with Crippen LogP contribution in [0.3, 0.4) is 0 Å². The van der Waals surface area contributed by atoms with E-state index in [0.717, 1.165) is 190 Å². The van der Waals surface area contributed by atoms with Gasteiger partial charge in [-0.15, -0.1) is 0 Å². The lowest BCUT2D eigenvalue weighted by Crippen LogP contribution is -2.09. The third-order valence-electron chi connectivity index (χ3n) is 20.9. The smallest absolute Gasteiger partial charge is 0.0991 e. The molecule has 0 amide bonds. The van der Waals surface area contributed by atoms with Gasteiger partial charge < -0.3 is 19.8 Å². The number of nitrogens with one attached hydrogen (secondary N) is 2. The van der Waals surface area contributed by atoms with Gasteiger partial charge in [-0.3, -0.25) is 0 Å². The van der Waals surface area contributed by atoms with E-state index in [2.05, 4.69) is 356 Å². The Morgan fingerprint density at radius 3 is 0.740 bits per heavy atom. The fourth-order valence-electron chi connectivity index (χ4n) is 14.5. The fourth-order valence-corrected chi connectivity index (χ4v) is 14.5. The highest BCUT2D eigenvalue weighted by atomic mass is 15.1. The minimum atomic E-state index is 0.577. The van der Waals surface area contributed by atoms with Gasteiger partial charge in [-0.05, 0) is 255 Å². The molecular weight excluding hydrogens is 1270 g/mol. The van der Waals surface area contributed by atoms with Crippen molar-refractivity contribution in [3.05, 3.63) is 344 Å². The Morgan fingerprint density at radius 1 is 0.269 bits per heavy atom. The Bertz CT molecular complexity index is 5510. The summed E-state index contributed by atoms with van der Waals surface area (Å²) in [7, 11) is 0. The highest BCUT2D eigenvalue weighted by Gasteiger charge is 2.29. The zero-order chi connectivity index (χ0) is 71.9. The van der Waals surface area contributed by atoms with Crippen LogP contribution in [-0.4, -0.2) is 19.9 Å². The first kappa shape index (κ1) is 66.7. The third-order valence-corrected chi connectivity index (χ3v) is 20.9. The Hall–Kier alpha value is -13.1. The molecule has 15 rings (SSSR count). The van der Waals surface area contributed by atoms with Crippen molar-refractivity contribution < 1.29 is 0 Å². The van der Waals surface area contributed by atoms with Gasteiger partial charge in [0.2, 0.25) is 0 Å². The van der Waals surface area contributed by atoms with Crippen LogP contribution in [0.25, 0.3) is 113 Å². The van der Waals surface area contributed by atoms with E-state index in [1.54, 1.807) is 0 Å². The topological polar surface area (TPSA) is 111 Å². The van der Waals surface area contributed by atoms with E-state index in [9.17, 15) is 10.5 Å². The molecule has 10 aromatic carbocycles. The molecule has 0 fully saturated rings. The molecule has 0 aliphatic carbocycles. The van der Waals surface area contributed by atoms with Gasteiger partial charge in [0.05, 0.1) is 68.1 Å². The summed E-state index contributed by atoms with van der Waals surface area (Å²) in [4.78, 5) is 24.6. The van der Waals surface area contributed by atoms with Gasteiger partial charge in [0.1, 0.15) is 0 Å². The molecule has 8 nitrogen and oxygen atoms in total. The molecule has 502 valence electrons. The summed E-state index contributed by atoms with van der Waals surface area (Å²) < 4.78 is 0. The average Bonchev–Trinajstić information content (AvgIpc) is 1.57. The van der Waals surface area contributed by atoms with Crippen molar-refractivity contribution in [3.63, 3.8) is 0 Å². The minimum Gasteiger partial charge on any atom is -0.354 e. The SMILES string of the molecule is CC1=C(C)c2nc1c(-c1ccc(C#N)cc1)c1[nH]c(c(C)c1C)c(-c1ccc(/C=C/c3ccc(N(c4ccccc4)c4ccc(C)cc4)cc3)cc1)c1nc(c(-c3ccc(C#N)cc3)c3[nH]c(c(C)c3C)c2-c2ccc(/C=C/c3ccc(N(c4ccccc4)c4ccc(C)cc4)cc3)cc2)C(C)=C1C. The number of benzene rings is 10. The van der Waals surface area contributed by atoms with Crippen LogP contribution in [0.5, 0.6) is 0 Å². The van der Waals surface area contributed by atoms with Crippen molar-refractivity contribution in [2.45, 2.75) is 69.2 Å².